The summed E-state index contributed by atoms with van der Waals surface area (Å²) in [6.07, 6.45) is -11.2. The topological polar surface area (TPSA) is 219 Å². The van der Waals surface area contributed by atoms with Crippen LogP contribution in [-0.4, -0.2) is 102 Å². The number of alkyl halides is 2. The molecule has 0 spiro atoms. The summed E-state index contributed by atoms with van der Waals surface area (Å²) in [6.45, 7) is 0.767. The van der Waals surface area contributed by atoms with Crippen LogP contribution in [0.1, 0.15) is 33.1 Å². The van der Waals surface area contributed by atoms with Gasteiger partial charge in [-0.1, -0.05) is 0 Å². The Bertz CT molecular complexity index is 757. The van der Waals surface area contributed by atoms with Gasteiger partial charge in [-0.05, 0) is 0 Å². The lowest BCUT2D eigenvalue weighted by atomic mass is 9.99. The number of ether oxygens (including phenoxy) is 4. The van der Waals surface area contributed by atoms with E-state index < -0.39 is 92.4 Å². The van der Waals surface area contributed by atoms with Crippen molar-refractivity contribution in [3.8, 4) is 0 Å². The molecule has 13 nitrogen and oxygen atoms in total. The third-order valence-electron chi connectivity index (χ3n) is 5.54. The predicted molar refractivity (Wildman–Crippen MR) is 113 cm³/mol. The molecule has 15 heteroatoms. The van der Waals surface area contributed by atoms with E-state index in [2.05, 4.69) is 5.32 Å². The standard InChI is InChI=1S/C20H34F2N4O9/c1-8(28)26-10(4-16(25)34-18-9(24)3-11(29)14(6-23)32-18)17(20(2,21)22)35-19-13(31)5-12(30)15(7-27)33-19/h9-10,13-19,27,31H,3-7,23-25H2,1-2H3,(H,26,28). The molecule has 2 aliphatic rings. The first-order chi connectivity index (χ1) is 16.3. The molecule has 0 aromatic rings. The van der Waals surface area contributed by atoms with Gasteiger partial charge in [0.05, 0.1) is 18.7 Å². The lowest BCUT2D eigenvalue weighted by molar-refractivity contribution is -0.283. The average Bonchev–Trinajstić information content (AvgIpc) is 2.73. The van der Waals surface area contributed by atoms with Crippen molar-refractivity contribution < 1.29 is 52.3 Å². The molecule has 2 fully saturated rings. The van der Waals surface area contributed by atoms with E-state index in [0.717, 1.165) is 6.92 Å². The molecular weight excluding hydrogens is 478 g/mol. The number of amides is 1. The molecule has 1 amide bonds. The van der Waals surface area contributed by atoms with E-state index in [0.29, 0.717) is 6.92 Å². The van der Waals surface area contributed by atoms with Crippen molar-refractivity contribution in [3.05, 3.63) is 0 Å². The van der Waals surface area contributed by atoms with Crippen molar-refractivity contribution in [3.63, 3.8) is 0 Å². The zero-order chi connectivity index (χ0) is 26.5. The van der Waals surface area contributed by atoms with Crippen molar-refractivity contribution in [2.24, 2.45) is 17.2 Å². The van der Waals surface area contributed by atoms with Crippen molar-refractivity contribution >= 4 is 17.5 Å². The molecule has 9 atom stereocenters. The van der Waals surface area contributed by atoms with Crippen molar-refractivity contribution in [1.82, 2.24) is 5.32 Å². The number of hydrogen-bond acceptors (Lipinski definition) is 12. The molecule has 2 heterocycles. The molecule has 2 rings (SSSR count). The number of aliphatic hydroxyl groups excluding tert-OH is 2. The monoisotopic (exact) mass is 512 g/mol. The summed E-state index contributed by atoms with van der Waals surface area (Å²) in [6, 6.07) is -2.34. The smallest absolute Gasteiger partial charge is 0.273 e. The normalized spacial score (nSPS) is 32.7. The van der Waals surface area contributed by atoms with E-state index in [-0.39, 0.29) is 18.7 Å². The molecule has 0 saturated carbocycles. The predicted octanol–water partition coefficient (Wildman–Crippen LogP) is -2.77. The number of carbonyl (C=O) groups is 3. The average molecular weight is 513 g/mol. The molecule has 0 aromatic carbocycles. The second-order valence-electron chi connectivity index (χ2n) is 8.71. The molecule has 9 unspecified atom stereocenters. The number of nitrogens with one attached hydrogen (secondary N) is 1. The third kappa shape index (κ3) is 8.16. The Morgan fingerprint density at radius 1 is 1.20 bits per heavy atom. The minimum absolute atomic E-state index is 0.0885. The summed E-state index contributed by atoms with van der Waals surface area (Å²) in [7, 11) is 0. The van der Waals surface area contributed by atoms with Gasteiger partial charge in [-0.3, -0.25) is 14.4 Å². The van der Waals surface area contributed by atoms with Gasteiger partial charge in [-0.2, -0.15) is 0 Å². The van der Waals surface area contributed by atoms with Gasteiger partial charge < -0.3 is 51.7 Å². The number of rotatable bonds is 11. The van der Waals surface area contributed by atoms with Crippen LogP contribution < -0.4 is 22.5 Å². The van der Waals surface area contributed by atoms with Crippen LogP contribution in [0.5, 0.6) is 0 Å². The Morgan fingerprint density at radius 2 is 1.80 bits per heavy atom. The van der Waals surface area contributed by atoms with Crippen LogP contribution in [-0.2, 0) is 33.3 Å². The number of ketones is 2. The van der Waals surface area contributed by atoms with Gasteiger partial charge in [0.1, 0.15) is 30.6 Å². The van der Waals surface area contributed by atoms with Gasteiger partial charge in [-0.15, -0.1) is 0 Å². The summed E-state index contributed by atoms with van der Waals surface area (Å²) in [4.78, 5) is 35.4. The highest BCUT2D eigenvalue weighted by molar-refractivity contribution is 5.85. The first-order valence-corrected chi connectivity index (χ1v) is 11.1. The first-order valence-electron chi connectivity index (χ1n) is 11.1. The Kier molecular flexibility index (Phi) is 10.6. The zero-order valence-electron chi connectivity index (χ0n) is 19.5. The van der Waals surface area contributed by atoms with Crippen LogP contribution in [0, 0.1) is 0 Å². The van der Waals surface area contributed by atoms with Gasteiger partial charge in [0.2, 0.25) is 5.91 Å². The highest BCUT2D eigenvalue weighted by atomic mass is 19.3. The SMILES string of the molecule is CC(=O)NC(CC(N)OC1OC(CN)C(=O)CC1N)C(OC1OC(CO)C(=O)CC1O)C(C)(F)F. The van der Waals surface area contributed by atoms with Gasteiger partial charge in [0.15, 0.2) is 24.1 Å². The summed E-state index contributed by atoms with van der Waals surface area (Å²) >= 11 is 0. The second kappa shape index (κ2) is 12.5. The second-order valence-corrected chi connectivity index (χ2v) is 8.71. The molecule has 9 N–H and O–H groups in total. The highest BCUT2D eigenvalue weighted by Crippen LogP contribution is 2.30. The van der Waals surface area contributed by atoms with Crippen LogP contribution in [0.15, 0.2) is 0 Å². The molecule has 35 heavy (non-hydrogen) atoms. The third-order valence-corrected chi connectivity index (χ3v) is 5.54. The highest BCUT2D eigenvalue weighted by Gasteiger charge is 2.47. The van der Waals surface area contributed by atoms with Crippen molar-refractivity contribution in [1.29, 1.82) is 0 Å². The van der Waals surface area contributed by atoms with Crippen LogP contribution in [0.3, 0.4) is 0 Å². The molecule has 2 aliphatic heterocycles. The summed E-state index contributed by atoms with van der Waals surface area (Å²) in [5.74, 6) is -5.21. The summed E-state index contributed by atoms with van der Waals surface area (Å²) in [5.41, 5.74) is 17.4. The molecule has 0 bridgehead atoms. The maximum Gasteiger partial charge on any atom is 0.273 e. The lowest BCUT2D eigenvalue weighted by Gasteiger charge is -2.39. The largest absolute Gasteiger partial charge is 0.393 e. The fraction of sp³-hybridized carbons (Fsp3) is 0.850. The zero-order valence-corrected chi connectivity index (χ0v) is 19.5. The Hall–Kier alpha value is -1.69. The van der Waals surface area contributed by atoms with E-state index in [1.54, 1.807) is 0 Å². The number of halogens is 2. The van der Waals surface area contributed by atoms with Crippen LogP contribution in [0.25, 0.3) is 0 Å². The molecule has 0 radical (unpaired) electrons. The maximum atomic E-state index is 14.6. The fourth-order valence-corrected chi connectivity index (χ4v) is 3.86. The van der Waals surface area contributed by atoms with Gasteiger partial charge in [0.25, 0.3) is 5.92 Å². The van der Waals surface area contributed by atoms with Crippen LogP contribution >= 0.6 is 0 Å². The summed E-state index contributed by atoms with van der Waals surface area (Å²) in [5, 5.41) is 21.7. The fourth-order valence-electron chi connectivity index (χ4n) is 3.86. The number of hydrogen-bond donors (Lipinski definition) is 6. The van der Waals surface area contributed by atoms with Gasteiger partial charge in [-0.25, -0.2) is 8.78 Å². The van der Waals surface area contributed by atoms with E-state index in [4.69, 9.17) is 36.1 Å². The van der Waals surface area contributed by atoms with Gasteiger partial charge in [0, 0.05) is 39.7 Å². The van der Waals surface area contributed by atoms with Crippen LogP contribution in [0.2, 0.25) is 0 Å². The maximum absolute atomic E-state index is 14.6. The first kappa shape index (κ1) is 29.5. The van der Waals surface area contributed by atoms with Gasteiger partial charge >= 0.3 is 0 Å². The lowest BCUT2D eigenvalue weighted by Crippen LogP contribution is -2.58. The van der Waals surface area contributed by atoms with E-state index in [9.17, 15) is 33.4 Å². The molecule has 202 valence electrons. The van der Waals surface area contributed by atoms with Crippen LogP contribution in [0.4, 0.5) is 8.78 Å². The van der Waals surface area contributed by atoms with E-state index in [1.165, 1.54) is 0 Å². The van der Waals surface area contributed by atoms with E-state index in [1.807, 2.05) is 0 Å². The summed E-state index contributed by atoms with van der Waals surface area (Å²) < 4.78 is 50.7. The minimum Gasteiger partial charge on any atom is -0.393 e. The minimum atomic E-state index is -3.60. The molecule has 0 aromatic heterocycles. The molecule has 0 aliphatic carbocycles. The Balaban J connectivity index is 2.17. The Labute approximate surface area is 200 Å². The number of Topliss-reactive ketones (excluding diaryl/α,β-unsaturated/α-hetero) is 2. The van der Waals surface area contributed by atoms with E-state index >= 15 is 0 Å². The number of aliphatic hydroxyl groups is 2. The molecule has 2 saturated heterocycles. The quantitative estimate of drug-likeness (QED) is 0.155. The van der Waals surface area contributed by atoms with Crippen molar-refractivity contribution in [2.45, 2.75) is 94.3 Å². The number of nitrogens with two attached hydrogens (primary N) is 3. The molecular formula is C20H34F2N4O9. The Morgan fingerprint density at radius 3 is 2.34 bits per heavy atom. The van der Waals surface area contributed by atoms with Crippen molar-refractivity contribution in [2.75, 3.05) is 13.2 Å². The number of carbonyl (C=O) groups excluding carboxylic acids is 3.